The standard InChI is InChI=1S/C20H18N2O2/c1-15-6-2-5-9-19(15)24-14-20(23)22-21-13-16-10-11-17-7-3-4-8-18(17)12-16/h2-13H,14H2,1H3,(H,22,23). The monoisotopic (exact) mass is 318 g/mol. The molecule has 0 heterocycles. The molecule has 0 saturated heterocycles. The number of amides is 1. The van der Waals surface area contributed by atoms with E-state index in [1.165, 1.54) is 5.39 Å². The molecule has 1 N–H and O–H groups in total. The van der Waals surface area contributed by atoms with Gasteiger partial charge in [0, 0.05) is 0 Å². The van der Waals surface area contributed by atoms with E-state index in [1.807, 2.05) is 67.6 Å². The van der Waals surface area contributed by atoms with Gasteiger partial charge in [0.1, 0.15) is 5.75 Å². The van der Waals surface area contributed by atoms with E-state index in [0.717, 1.165) is 16.5 Å². The number of ether oxygens (including phenoxy) is 1. The van der Waals surface area contributed by atoms with E-state index in [0.29, 0.717) is 5.75 Å². The number of fused-ring (bicyclic) bond motifs is 1. The first-order valence-corrected chi connectivity index (χ1v) is 7.71. The minimum atomic E-state index is -0.296. The third-order valence-electron chi connectivity index (χ3n) is 3.63. The molecule has 1 amide bonds. The minimum absolute atomic E-state index is 0.0695. The zero-order chi connectivity index (χ0) is 16.8. The molecule has 0 aliphatic carbocycles. The number of hydrazone groups is 1. The van der Waals surface area contributed by atoms with Crippen molar-refractivity contribution in [2.24, 2.45) is 5.10 Å². The van der Waals surface area contributed by atoms with Gasteiger partial charge < -0.3 is 4.74 Å². The van der Waals surface area contributed by atoms with Gasteiger partial charge in [-0.05, 0) is 41.0 Å². The Morgan fingerprint density at radius 3 is 2.62 bits per heavy atom. The molecule has 3 aromatic carbocycles. The summed E-state index contributed by atoms with van der Waals surface area (Å²) in [5, 5.41) is 6.28. The lowest BCUT2D eigenvalue weighted by molar-refractivity contribution is -0.123. The second-order valence-electron chi connectivity index (χ2n) is 5.45. The molecule has 0 radical (unpaired) electrons. The van der Waals surface area contributed by atoms with Crippen molar-refractivity contribution < 1.29 is 9.53 Å². The van der Waals surface area contributed by atoms with Crippen LogP contribution in [0.4, 0.5) is 0 Å². The van der Waals surface area contributed by atoms with Gasteiger partial charge in [0.15, 0.2) is 6.61 Å². The Bertz CT molecular complexity index is 887. The molecule has 0 aliphatic rings. The molecule has 0 unspecified atom stereocenters. The van der Waals surface area contributed by atoms with E-state index < -0.39 is 0 Å². The first kappa shape index (κ1) is 15.7. The van der Waals surface area contributed by atoms with Crippen molar-refractivity contribution in [1.29, 1.82) is 0 Å². The van der Waals surface area contributed by atoms with Crippen molar-refractivity contribution in [1.82, 2.24) is 5.43 Å². The lowest BCUT2D eigenvalue weighted by atomic mass is 10.1. The third-order valence-corrected chi connectivity index (χ3v) is 3.63. The normalized spacial score (nSPS) is 10.9. The molecule has 120 valence electrons. The van der Waals surface area contributed by atoms with Crippen LogP contribution in [0.3, 0.4) is 0 Å². The zero-order valence-corrected chi connectivity index (χ0v) is 13.4. The Hall–Kier alpha value is -3.14. The summed E-state index contributed by atoms with van der Waals surface area (Å²) >= 11 is 0. The van der Waals surface area contributed by atoms with Crippen molar-refractivity contribution in [2.45, 2.75) is 6.92 Å². The average molecular weight is 318 g/mol. The van der Waals surface area contributed by atoms with Gasteiger partial charge in [0.2, 0.25) is 0 Å². The van der Waals surface area contributed by atoms with Gasteiger partial charge in [0.05, 0.1) is 6.21 Å². The maximum atomic E-state index is 11.8. The molecular formula is C20H18N2O2. The molecule has 0 aliphatic heterocycles. The summed E-state index contributed by atoms with van der Waals surface area (Å²) in [5.74, 6) is 0.404. The molecule has 0 spiro atoms. The maximum Gasteiger partial charge on any atom is 0.277 e. The van der Waals surface area contributed by atoms with Crippen LogP contribution in [0.15, 0.2) is 71.8 Å². The van der Waals surface area contributed by atoms with E-state index in [4.69, 9.17) is 4.74 Å². The lowest BCUT2D eigenvalue weighted by Crippen LogP contribution is -2.24. The highest BCUT2D eigenvalue weighted by atomic mass is 16.5. The first-order valence-electron chi connectivity index (χ1n) is 7.71. The summed E-state index contributed by atoms with van der Waals surface area (Å²) in [5.41, 5.74) is 4.39. The molecule has 3 aromatic rings. The van der Waals surface area contributed by atoms with Gasteiger partial charge in [0.25, 0.3) is 5.91 Å². The number of nitrogens with one attached hydrogen (secondary N) is 1. The number of hydrogen-bond donors (Lipinski definition) is 1. The van der Waals surface area contributed by atoms with Gasteiger partial charge >= 0.3 is 0 Å². The molecule has 3 rings (SSSR count). The fourth-order valence-corrected chi connectivity index (χ4v) is 2.36. The summed E-state index contributed by atoms with van der Waals surface area (Å²) in [6.07, 6.45) is 1.62. The highest BCUT2D eigenvalue weighted by Gasteiger charge is 2.03. The minimum Gasteiger partial charge on any atom is -0.483 e. The van der Waals surface area contributed by atoms with Gasteiger partial charge in [-0.15, -0.1) is 0 Å². The Labute approximate surface area is 140 Å². The fraction of sp³-hybridized carbons (Fsp3) is 0.100. The maximum absolute atomic E-state index is 11.8. The largest absolute Gasteiger partial charge is 0.483 e. The van der Waals surface area contributed by atoms with Gasteiger partial charge in [-0.1, -0.05) is 54.6 Å². The zero-order valence-electron chi connectivity index (χ0n) is 13.4. The number of carbonyl (C=O) groups is 1. The van der Waals surface area contributed by atoms with Crippen molar-refractivity contribution in [3.8, 4) is 5.75 Å². The summed E-state index contributed by atoms with van der Waals surface area (Å²) in [4.78, 5) is 11.8. The Morgan fingerprint density at radius 1 is 1.04 bits per heavy atom. The number of carbonyl (C=O) groups excluding carboxylic acids is 1. The summed E-state index contributed by atoms with van der Waals surface area (Å²) in [6, 6.07) is 21.7. The van der Waals surface area contributed by atoms with Crippen LogP contribution in [0.1, 0.15) is 11.1 Å². The van der Waals surface area contributed by atoms with Gasteiger partial charge in [-0.25, -0.2) is 5.43 Å². The Kier molecular flexibility index (Phi) is 4.87. The van der Waals surface area contributed by atoms with Crippen LogP contribution in [0, 0.1) is 6.92 Å². The van der Waals surface area contributed by atoms with Crippen molar-refractivity contribution >= 4 is 22.9 Å². The topological polar surface area (TPSA) is 50.7 Å². The molecule has 4 nitrogen and oxygen atoms in total. The SMILES string of the molecule is Cc1ccccc1OCC(=O)NN=Cc1ccc2ccccc2c1. The van der Waals surface area contributed by atoms with Crippen molar-refractivity contribution in [3.05, 3.63) is 77.9 Å². The lowest BCUT2D eigenvalue weighted by Gasteiger charge is -2.07. The summed E-state index contributed by atoms with van der Waals surface area (Å²) in [7, 11) is 0. The van der Waals surface area contributed by atoms with E-state index in [-0.39, 0.29) is 12.5 Å². The summed E-state index contributed by atoms with van der Waals surface area (Å²) < 4.78 is 5.47. The third kappa shape index (κ3) is 3.98. The fourth-order valence-electron chi connectivity index (χ4n) is 2.36. The number of hydrogen-bond acceptors (Lipinski definition) is 3. The van der Waals surface area contributed by atoms with Crippen LogP contribution in [0.25, 0.3) is 10.8 Å². The van der Waals surface area contributed by atoms with E-state index in [2.05, 4.69) is 16.6 Å². The van der Waals surface area contributed by atoms with Gasteiger partial charge in [-0.2, -0.15) is 5.10 Å². The van der Waals surface area contributed by atoms with Crippen LogP contribution in [-0.4, -0.2) is 18.7 Å². The van der Waals surface area contributed by atoms with E-state index in [9.17, 15) is 4.79 Å². The molecular weight excluding hydrogens is 300 g/mol. The van der Waals surface area contributed by atoms with Crippen LogP contribution < -0.4 is 10.2 Å². The molecule has 0 bridgehead atoms. The van der Waals surface area contributed by atoms with Crippen molar-refractivity contribution in [2.75, 3.05) is 6.61 Å². The summed E-state index contributed by atoms with van der Waals surface area (Å²) in [6.45, 7) is 1.87. The van der Waals surface area contributed by atoms with E-state index in [1.54, 1.807) is 6.21 Å². The van der Waals surface area contributed by atoms with Gasteiger partial charge in [-0.3, -0.25) is 4.79 Å². The quantitative estimate of drug-likeness (QED) is 0.576. The average Bonchev–Trinajstić information content (AvgIpc) is 2.61. The molecule has 0 atom stereocenters. The van der Waals surface area contributed by atoms with Crippen molar-refractivity contribution in [3.63, 3.8) is 0 Å². The second kappa shape index (κ2) is 7.42. The number of aryl methyl sites for hydroxylation is 1. The van der Waals surface area contributed by atoms with E-state index >= 15 is 0 Å². The molecule has 4 heteroatoms. The predicted molar refractivity (Wildman–Crippen MR) is 96.4 cm³/mol. The second-order valence-corrected chi connectivity index (χ2v) is 5.45. The Balaban J connectivity index is 1.55. The van der Waals surface area contributed by atoms with Crippen LogP contribution in [0.5, 0.6) is 5.75 Å². The number of benzene rings is 3. The first-order chi connectivity index (χ1) is 11.7. The number of nitrogens with zero attached hydrogens (tertiary/aromatic N) is 1. The highest BCUT2D eigenvalue weighted by molar-refractivity contribution is 5.90. The molecule has 0 fully saturated rings. The highest BCUT2D eigenvalue weighted by Crippen LogP contribution is 2.16. The van der Waals surface area contributed by atoms with Crippen LogP contribution in [0.2, 0.25) is 0 Å². The molecule has 24 heavy (non-hydrogen) atoms. The number of rotatable bonds is 5. The van der Waals surface area contributed by atoms with Crippen LogP contribution >= 0.6 is 0 Å². The number of para-hydroxylation sites is 1. The molecule has 0 aromatic heterocycles. The Morgan fingerprint density at radius 2 is 1.79 bits per heavy atom. The molecule has 0 saturated carbocycles. The predicted octanol–water partition coefficient (Wildman–Crippen LogP) is 3.68. The smallest absolute Gasteiger partial charge is 0.277 e. The van der Waals surface area contributed by atoms with Crippen LogP contribution in [-0.2, 0) is 4.79 Å².